The first kappa shape index (κ1) is 30.2. The van der Waals surface area contributed by atoms with Crippen molar-refractivity contribution in [3.05, 3.63) is 77.4 Å². The van der Waals surface area contributed by atoms with Crippen LogP contribution in [0.25, 0.3) is 0 Å². The van der Waals surface area contributed by atoms with Crippen molar-refractivity contribution >= 4 is 23.8 Å². The van der Waals surface area contributed by atoms with E-state index in [4.69, 9.17) is 9.47 Å². The second-order valence-electron chi connectivity index (χ2n) is 11.2. The number of anilines is 1. The summed E-state index contributed by atoms with van der Waals surface area (Å²) in [4.78, 5) is 42.4. The van der Waals surface area contributed by atoms with Gasteiger partial charge in [0.25, 0.3) is 0 Å². The van der Waals surface area contributed by atoms with Crippen LogP contribution in [0.1, 0.15) is 73.4 Å². The maximum absolute atomic E-state index is 13.4. The lowest BCUT2D eigenvalue weighted by molar-refractivity contribution is 0.0600. The van der Waals surface area contributed by atoms with Gasteiger partial charge in [0, 0.05) is 31.6 Å². The number of hydrogen-bond acceptors (Lipinski definition) is 5. The molecule has 0 spiro atoms. The van der Waals surface area contributed by atoms with E-state index in [1.165, 1.54) is 46.3 Å². The van der Waals surface area contributed by atoms with E-state index in [0.717, 1.165) is 17.5 Å². The van der Waals surface area contributed by atoms with Gasteiger partial charge in [-0.3, -0.25) is 4.90 Å². The molecule has 1 heterocycles. The first-order chi connectivity index (χ1) is 19.9. The molecule has 220 valence electrons. The minimum absolute atomic E-state index is 0.177. The molecule has 1 aliphatic carbocycles. The molecule has 0 aromatic heterocycles. The van der Waals surface area contributed by atoms with Crippen LogP contribution in [-0.4, -0.2) is 56.8 Å². The second-order valence-corrected chi connectivity index (χ2v) is 11.2. The Bertz CT molecular complexity index is 1220. The number of ether oxygens (including phenoxy) is 2. The minimum Gasteiger partial charge on any atom is -0.465 e. The van der Waals surface area contributed by atoms with Crippen LogP contribution in [0.3, 0.4) is 0 Å². The van der Waals surface area contributed by atoms with Crippen molar-refractivity contribution in [2.45, 2.75) is 63.8 Å². The van der Waals surface area contributed by atoms with E-state index in [0.29, 0.717) is 49.8 Å². The largest absolute Gasteiger partial charge is 0.465 e. The van der Waals surface area contributed by atoms with E-state index in [1.807, 2.05) is 48.2 Å². The van der Waals surface area contributed by atoms with Gasteiger partial charge in [-0.05, 0) is 55.0 Å². The van der Waals surface area contributed by atoms with Crippen molar-refractivity contribution in [3.8, 4) is 0 Å². The van der Waals surface area contributed by atoms with Crippen LogP contribution in [-0.2, 0) is 21.4 Å². The van der Waals surface area contributed by atoms with Crippen molar-refractivity contribution < 1.29 is 23.9 Å². The van der Waals surface area contributed by atoms with Crippen LogP contribution in [0.5, 0.6) is 0 Å². The van der Waals surface area contributed by atoms with Gasteiger partial charge in [0.1, 0.15) is 0 Å². The third kappa shape index (κ3) is 7.29. The molecule has 1 atom stereocenters. The number of urea groups is 1. The van der Waals surface area contributed by atoms with Crippen LogP contribution in [0.2, 0.25) is 0 Å². The van der Waals surface area contributed by atoms with Crippen molar-refractivity contribution in [2.24, 2.45) is 5.92 Å². The Balaban J connectivity index is 1.75. The predicted octanol–water partition coefficient (Wildman–Crippen LogP) is 6.45. The van der Waals surface area contributed by atoms with Gasteiger partial charge in [0.15, 0.2) is 0 Å². The third-order valence-electron chi connectivity index (χ3n) is 8.33. The number of benzene rings is 2. The van der Waals surface area contributed by atoms with Gasteiger partial charge in [-0.15, -0.1) is 0 Å². The van der Waals surface area contributed by atoms with Gasteiger partial charge in [0.05, 0.1) is 25.5 Å². The number of allylic oxidation sites excluding steroid dienone is 2. The average molecular weight is 562 g/mol. The highest BCUT2D eigenvalue weighted by Gasteiger charge is 2.46. The number of amides is 3. The summed E-state index contributed by atoms with van der Waals surface area (Å²) in [7, 11) is 2.72. The number of rotatable bonds is 10. The summed E-state index contributed by atoms with van der Waals surface area (Å²) in [6.45, 7) is 3.46. The molecule has 2 aromatic carbocycles. The number of nitrogens with zero attached hydrogens (tertiary/aromatic N) is 2. The molecule has 1 unspecified atom stereocenters. The lowest BCUT2D eigenvalue weighted by Gasteiger charge is -2.36. The summed E-state index contributed by atoms with van der Waals surface area (Å²) in [6, 6.07) is 15.0. The molecule has 8 heteroatoms. The number of carbonyl (C=O) groups is 3. The first-order valence-corrected chi connectivity index (χ1v) is 14.7. The highest BCUT2D eigenvalue weighted by molar-refractivity contribution is 5.95. The zero-order chi connectivity index (χ0) is 29.2. The molecule has 1 N–H and O–H groups in total. The van der Waals surface area contributed by atoms with E-state index in [9.17, 15) is 14.4 Å². The fourth-order valence-electron chi connectivity index (χ4n) is 6.21. The normalized spacial score (nSPS) is 18.7. The molecule has 1 saturated carbocycles. The lowest BCUT2D eigenvalue weighted by atomic mass is 9.77. The van der Waals surface area contributed by atoms with E-state index >= 15 is 0 Å². The SMILES string of the molecule is CCNC(=O)N(Cc1ccccc1)CC1(C/C=C/CC2CCCCC2)CN(C(=O)OC)c2ccc(C(=O)OC)cc21. The Labute approximate surface area is 243 Å². The third-order valence-corrected chi connectivity index (χ3v) is 8.33. The van der Waals surface area contributed by atoms with Gasteiger partial charge >= 0.3 is 18.1 Å². The maximum atomic E-state index is 13.4. The van der Waals surface area contributed by atoms with Crippen molar-refractivity contribution in [2.75, 3.05) is 38.8 Å². The molecule has 0 bridgehead atoms. The lowest BCUT2D eigenvalue weighted by Crippen LogP contribution is -2.49. The van der Waals surface area contributed by atoms with Crippen LogP contribution in [0.4, 0.5) is 15.3 Å². The number of nitrogens with one attached hydrogen (secondary N) is 1. The molecule has 0 radical (unpaired) electrons. The first-order valence-electron chi connectivity index (χ1n) is 14.7. The smallest absolute Gasteiger partial charge is 0.414 e. The van der Waals surface area contributed by atoms with Crippen LogP contribution >= 0.6 is 0 Å². The Morgan fingerprint density at radius 1 is 1.02 bits per heavy atom. The fourth-order valence-corrected chi connectivity index (χ4v) is 6.21. The number of carbonyl (C=O) groups excluding carboxylic acids is 3. The number of esters is 1. The van der Waals surface area contributed by atoms with Gasteiger partial charge in [-0.1, -0.05) is 74.6 Å². The monoisotopic (exact) mass is 561 g/mol. The summed E-state index contributed by atoms with van der Waals surface area (Å²) in [5.41, 5.74) is 2.25. The van der Waals surface area contributed by atoms with E-state index < -0.39 is 17.5 Å². The Hall–Kier alpha value is -3.81. The van der Waals surface area contributed by atoms with Gasteiger partial charge in [-0.25, -0.2) is 14.4 Å². The summed E-state index contributed by atoms with van der Waals surface area (Å²) in [5.74, 6) is 0.255. The van der Waals surface area contributed by atoms with E-state index in [-0.39, 0.29) is 6.03 Å². The topological polar surface area (TPSA) is 88.2 Å². The van der Waals surface area contributed by atoms with E-state index in [1.54, 1.807) is 17.0 Å². The molecular formula is C33H43N3O5. The van der Waals surface area contributed by atoms with E-state index in [2.05, 4.69) is 17.5 Å². The van der Waals surface area contributed by atoms with Crippen molar-refractivity contribution in [3.63, 3.8) is 0 Å². The molecule has 0 saturated heterocycles. The highest BCUT2D eigenvalue weighted by atomic mass is 16.5. The van der Waals surface area contributed by atoms with Crippen LogP contribution < -0.4 is 10.2 Å². The second kappa shape index (κ2) is 14.2. The van der Waals surface area contributed by atoms with Crippen molar-refractivity contribution in [1.29, 1.82) is 0 Å². The quantitative estimate of drug-likeness (QED) is 0.266. The molecule has 3 amide bonds. The highest BCUT2D eigenvalue weighted by Crippen LogP contribution is 2.45. The van der Waals surface area contributed by atoms with Crippen LogP contribution in [0, 0.1) is 5.92 Å². The minimum atomic E-state index is -0.670. The standard InChI is InChI=1S/C33H43N3O5/c1-4-34-31(38)35(22-26-16-9-6-10-17-26)23-33(20-12-11-15-25-13-7-5-8-14-25)24-36(32(39)41-3)29-19-18-27(21-28(29)33)30(37)40-2/h6,9-12,16-19,21,25H,4-5,7-8,13-15,20,22-24H2,1-3H3,(H,34,38)/b12-11+. The molecule has 4 rings (SSSR count). The summed E-state index contributed by atoms with van der Waals surface area (Å²) in [6.07, 6.45) is 12.0. The Morgan fingerprint density at radius 2 is 1.78 bits per heavy atom. The summed E-state index contributed by atoms with van der Waals surface area (Å²) < 4.78 is 10.2. The van der Waals surface area contributed by atoms with Crippen molar-refractivity contribution in [1.82, 2.24) is 10.2 Å². The number of hydrogen-bond donors (Lipinski definition) is 1. The number of methoxy groups -OCH3 is 2. The molecule has 1 aliphatic heterocycles. The fraction of sp³-hybridized carbons (Fsp3) is 0.485. The molecule has 1 fully saturated rings. The zero-order valence-electron chi connectivity index (χ0n) is 24.6. The zero-order valence-corrected chi connectivity index (χ0v) is 24.6. The molecular weight excluding hydrogens is 518 g/mol. The molecule has 41 heavy (non-hydrogen) atoms. The summed E-state index contributed by atoms with van der Waals surface area (Å²) >= 11 is 0. The molecule has 8 nitrogen and oxygen atoms in total. The van der Waals surface area contributed by atoms with Gasteiger partial charge in [0.2, 0.25) is 0 Å². The number of fused-ring (bicyclic) bond motifs is 1. The predicted molar refractivity (Wildman–Crippen MR) is 160 cm³/mol. The van der Waals surface area contributed by atoms with Gasteiger partial charge < -0.3 is 19.7 Å². The molecule has 2 aromatic rings. The maximum Gasteiger partial charge on any atom is 0.414 e. The van der Waals surface area contributed by atoms with Gasteiger partial charge in [-0.2, -0.15) is 0 Å². The molecule has 2 aliphatic rings. The Morgan fingerprint density at radius 3 is 2.46 bits per heavy atom. The average Bonchev–Trinajstić information content (AvgIpc) is 3.32. The Kier molecular flexibility index (Phi) is 10.4. The summed E-state index contributed by atoms with van der Waals surface area (Å²) in [5, 5.41) is 2.96. The van der Waals surface area contributed by atoms with Crippen LogP contribution in [0.15, 0.2) is 60.7 Å².